The first kappa shape index (κ1) is 13.2. The van der Waals surface area contributed by atoms with Crippen LogP contribution in [0.4, 0.5) is 0 Å². The number of hydrogen-bond acceptors (Lipinski definition) is 4. The van der Waals surface area contributed by atoms with Crippen molar-refractivity contribution in [3.63, 3.8) is 0 Å². The van der Waals surface area contributed by atoms with Gasteiger partial charge in [-0.2, -0.15) is 0 Å². The second-order valence-corrected chi connectivity index (χ2v) is 4.57. The van der Waals surface area contributed by atoms with Gasteiger partial charge in [-0.1, -0.05) is 30.3 Å². The van der Waals surface area contributed by atoms with Crippen LogP contribution in [0, 0.1) is 0 Å². The Morgan fingerprint density at radius 3 is 2.67 bits per heavy atom. The van der Waals surface area contributed by atoms with E-state index in [-0.39, 0.29) is 6.54 Å². The predicted molar refractivity (Wildman–Crippen MR) is 77.4 cm³/mol. The molecule has 0 N–H and O–H groups in total. The Morgan fingerprint density at radius 2 is 1.86 bits per heavy atom. The van der Waals surface area contributed by atoms with Gasteiger partial charge in [-0.15, -0.1) is 0 Å². The molecular weight excluding hydrogens is 270 g/mol. The predicted octanol–water partition coefficient (Wildman–Crippen LogP) is 2.43. The maximum absolute atomic E-state index is 12.0. The lowest BCUT2D eigenvalue weighted by atomic mass is 10.1. The highest BCUT2D eigenvalue weighted by Gasteiger charge is 2.14. The number of ether oxygens (including phenoxy) is 1. The summed E-state index contributed by atoms with van der Waals surface area (Å²) in [5.74, 6) is -0.873. The number of rotatable bonds is 3. The third-order valence-electron chi connectivity index (χ3n) is 3.32. The minimum absolute atomic E-state index is 0.251. The number of esters is 1. The number of hydrogen-bond donors (Lipinski definition) is 0. The number of fused-ring (bicyclic) bond motifs is 1. The molecule has 5 heteroatoms. The number of carbonyl (C=O) groups excluding carboxylic acids is 1. The Bertz CT molecular complexity index is 860. The van der Waals surface area contributed by atoms with Gasteiger partial charge in [0.1, 0.15) is 0 Å². The van der Waals surface area contributed by atoms with Gasteiger partial charge in [-0.25, -0.2) is 9.59 Å². The minimum Gasteiger partial charge on any atom is -0.465 e. The second kappa shape index (κ2) is 5.28. The van der Waals surface area contributed by atoms with Crippen LogP contribution in [0.2, 0.25) is 0 Å². The molecule has 0 bridgehead atoms. The van der Waals surface area contributed by atoms with Gasteiger partial charge in [-0.05, 0) is 23.8 Å². The van der Waals surface area contributed by atoms with Crippen molar-refractivity contribution in [3.05, 3.63) is 70.2 Å². The van der Waals surface area contributed by atoms with Crippen LogP contribution in [0.15, 0.2) is 57.7 Å². The summed E-state index contributed by atoms with van der Waals surface area (Å²) in [5.41, 5.74) is 2.37. The maximum atomic E-state index is 12.0. The molecule has 0 unspecified atom stereocenters. The van der Waals surface area contributed by atoms with Crippen molar-refractivity contribution in [2.75, 3.05) is 7.11 Å². The van der Waals surface area contributed by atoms with Crippen molar-refractivity contribution in [1.82, 2.24) is 4.57 Å². The van der Waals surface area contributed by atoms with E-state index in [4.69, 9.17) is 9.15 Å². The number of methoxy groups -OCH3 is 1. The Balaban J connectivity index is 2.09. The fourth-order valence-corrected chi connectivity index (χ4v) is 2.30. The van der Waals surface area contributed by atoms with Crippen molar-refractivity contribution >= 4 is 17.1 Å². The molecule has 5 nitrogen and oxygen atoms in total. The molecule has 0 saturated heterocycles. The molecule has 0 atom stereocenters. The van der Waals surface area contributed by atoms with E-state index < -0.39 is 11.7 Å². The summed E-state index contributed by atoms with van der Waals surface area (Å²) < 4.78 is 11.5. The Labute approximate surface area is 120 Å². The first-order valence-corrected chi connectivity index (χ1v) is 6.45. The van der Waals surface area contributed by atoms with E-state index in [9.17, 15) is 9.59 Å². The van der Waals surface area contributed by atoms with E-state index in [0.717, 1.165) is 0 Å². The number of aromatic nitrogens is 1. The van der Waals surface area contributed by atoms with Crippen LogP contribution < -0.4 is 5.76 Å². The molecule has 1 aromatic heterocycles. The fraction of sp³-hybridized carbons (Fsp3) is 0.125. The molecule has 1 heterocycles. The SMILES string of the molecule is COC(=O)c1ccccc1Cn1c(=O)oc2ccccc21. The number of benzene rings is 2. The lowest BCUT2D eigenvalue weighted by molar-refractivity contribution is 0.0599. The van der Waals surface area contributed by atoms with Gasteiger partial charge in [0.05, 0.1) is 24.7 Å². The number of nitrogens with zero attached hydrogens (tertiary/aromatic N) is 1. The zero-order valence-electron chi connectivity index (χ0n) is 11.4. The van der Waals surface area contributed by atoms with Gasteiger partial charge in [0.15, 0.2) is 5.58 Å². The van der Waals surface area contributed by atoms with Gasteiger partial charge >= 0.3 is 11.7 Å². The lowest BCUT2D eigenvalue weighted by Gasteiger charge is -2.08. The molecule has 0 aliphatic carbocycles. The minimum atomic E-state index is -0.448. The summed E-state index contributed by atoms with van der Waals surface area (Å²) in [4.78, 5) is 23.8. The van der Waals surface area contributed by atoms with Gasteiger partial charge in [0.2, 0.25) is 0 Å². The molecule has 0 aliphatic heterocycles. The lowest BCUT2D eigenvalue weighted by Crippen LogP contribution is -2.17. The average Bonchev–Trinajstić information content (AvgIpc) is 2.83. The van der Waals surface area contributed by atoms with Crippen molar-refractivity contribution in [3.8, 4) is 0 Å². The normalized spacial score (nSPS) is 10.7. The zero-order chi connectivity index (χ0) is 14.8. The fourth-order valence-electron chi connectivity index (χ4n) is 2.30. The molecule has 2 aromatic carbocycles. The van der Waals surface area contributed by atoms with Crippen molar-refractivity contribution < 1.29 is 13.9 Å². The van der Waals surface area contributed by atoms with Gasteiger partial charge in [-0.3, -0.25) is 4.57 Å². The molecule has 3 rings (SSSR count). The standard InChI is InChI=1S/C16H13NO4/c1-20-15(18)12-7-3-2-6-11(12)10-17-13-8-4-5-9-14(13)21-16(17)19/h2-9H,10H2,1H3. The molecule has 0 radical (unpaired) electrons. The Hall–Kier alpha value is -2.82. The number of carbonyl (C=O) groups is 1. The Morgan fingerprint density at radius 1 is 1.14 bits per heavy atom. The second-order valence-electron chi connectivity index (χ2n) is 4.57. The average molecular weight is 283 g/mol. The smallest absolute Gasteiger partial charge is 0.420 e. The molecule has 21 heavy (non-hydrogen) atoms. The zero-order valence-corrected chi connectivity index (χ0v) is 11.4. The van der Waals surface area contributed by atoms with Crippen LogP contribution in [0.25, 0.3) is 11.1 Å². The quantitative estimate of drug-likeness (QED) is 0.693. The van der Waals surface area contributed by atoms with E-state index >= 15 is 0 Å². The summed E-state index contributed by atoms with van der Waals surface area (Å²) in [6.07, 6.45) is 0. The molecule has 0 aliphatic rings. The third kappa shape index (κ3) is 2.33. The molecule has 0 spiro atoms. The largest absolute Gasteiger partial charge is 0.465 e. The first-order valence-electron chi connectivity index (χ1n) is 6.45. The maximum Gasteiger partial charge on any atom is 0.420 e. The summed E-state index contributed by atoms with van der Waals surface area (Å²) in [7, 11) is 1.33. The van der Waals surface area contributed by atoms with Gasteiger partial charge in [0.25, 0.3) is 0 Å². The van der Waals surface area contributed by atoms with Crippen LogP contribution in [0.5, 0.6) is 0 Å². The third-order valence-corrected chi connectivity index (χ3v) is 3.32. The highest BCUT2D eigenvalue weighted by Crippen LogP contribution is 2.16. The van der Waals surface area contributed by atoms with Crippen LogP contribution in [0.1, 0.15) is 15.9 Å². The van der Waals surface area contributed by atoms with E-state index in [2.05, 4.69) is 0 Å². The van der Waals surface area contributed by atoms with E-state index in [0.29, 0.717) is 22.2 Å². The van der Waals surface area contributed by atoms with Crippen LogP contribution in [-0.4, -0.2) is 17.6 Å². The highest BCUT2D eigenvalue weighted by molar-refractivity contribution is 5.91. The van der Waals surface area contributed by atoms with Crippen LogP contribution in [0.3, 0.4) is 0 Å². The van der Waals surface area contributed by atoms with Crippen molar-refractivity contribution in [2.24, 2.45) is 0 Å². The van der Waals surface area contributed by atoms with E-state index in [1.54, 1.807) is 36.4 Å². The summed E-state index contributed by atoms with van der Waals surface area (Å²) >= 11 is 0. The number of oxazole rings is 1. The van der Waals surface area contributed by atoms with Crippen molar-refractivity contribution in [2.45, 2.75) is 6.54 Å². The van der Waals surface area contributed by atoms with E-state index in [1.165, 1.54) is 11.7 Å². The van der Waals surface area contributed by atoms with Gasteiger partial charge < -0.3 is 9.15 Å². The van der Waals surface area contributed by atoms with E-state index in [1.807, 2.05) is 12.1 Å². The summed E-state index contributed by atoms with van der Waals surface area (Å²) in [6, 6.07) is 14.2. The molecular formula is C16H13NO4. The van der Waals surface area contributed by atoms with Gasteiger partial charge in [0, 0.05) is 0 Å². The van der Waals surface area contributed by atoms with Crippen LogP contribution in [-0.2, 0) is 11.3 Å². The molecule has 3 aromatic rings. The molecule has 0 amide bonds. The molecule has 0 saturated carbocycles. The highest BCUT2D eigenvalue weighted by atomic mass is 16.5. The monoisotopic (exact) mass is 283 g/mol. The first-order chi connectivity index (χ1) is 10.2. The van der Waals surface area contributed by atoms with Crippen LogP contribution >= 0.6 is 0 Å². The Kier molecular flexibility index (Phi) is 3.31. The van der Waals surface area contributed by atoms with Crippen molar-refractivity contribution in [1.29, 1.82) is 0 Å². The summed E-state index contributed by atoms with van der Waals surface area (Å²) in [6.45, 7) is 0.251. The summed E-state index contributed by atoms with van der Waals surface area (Å²) in [5, 5.41) is 0. The molecule has 0 fully saturated rings. The molecule has 106 valence electrons. The number of para-hydroxylation sites is 2. The topological polar surface area (TPSA) is 61.4 Å².